The molecule has 2 unspecified atom stereocenters. The van der Waals surface area contributed by atoms with E-state index in [2.05, 4.69) is 18.3 Å². The lowest BCUT2D eigenvalue weighted by molar-refractivity contribution is 0.420. The van der Waals surface area contributed by atoms with Gasteiger partial charge in [0, 0.05) is 6.04 Å². The van der Waals surface area contributed by atoms with Crippen LogP contribution in [0.2, 0.25) is 0 Å². The minimum Gasteiger partial charge on any atom is -0.492 e. The van der Waals surface area contributed by atoms with Crippen LogP contribution in [0, 0.1) is 17.2 Å². The number of thiophene rings is 1. The Morgan fingerprint density at radius 2 is 2.41 bits per heavy atom. The number of anilines is 2. The van der Waals surface area contributed by atoms with Crippen molar-refractivity contribution < 1.29 is 4.74 Å². The van der Waals surface area contributed by atoms with E-state index >= 15 is 0 Å². The van der Waals surface area contributed by atoms with Gasteiger partial charge >= 0.3 is 0 Å². The van der Waals surface area contributed by atoms with Crippen LogP contribution in [0.3, 0.4) is 0 Å². The number of hydrogen-bond donors (Lipinski definition) is 2. The zero-order valence-electron chi connectivity index (χ0n) is 10.1. The third-order valence-electron chi connectivity index (χ3n) is 3.10. The molecule has 0 saturated heterocycles. The summed E-state index contributed by atoms with van der Waals surface area (Å²) in [4.78, 5) is 0.525. The minimum atomic E-state index is 0.454. The zero-order valence-corrected chi connectivity index (χ0v) is 10.9. The standard InChI is InChI=1S/C12H17N3OS/c1-3-4-7-5-8(7)15-12-11(16-2)10(14)9(6-13)17-12/h7-8,15H,3-5,14H2,1-2H3. The molecule has 92 valence electrons. The number of nitrogen functional groups attached to an aromatic ring is 1. The van der Waals surface area contributed by atoms with Gasteiger partial charge in [-0.2, -0.15) is 5.26 Å². The van der Waals surface area contributed by atoms with Gasteiger partial charge in [0.1, 0.15) is 21.6 Å². The van der Waals surface area contributed by atoms with Crippen molar-refractivity contribution in [2.24, 2.45) is 5.92 Å². The van der Waals surface area contributed by atoms with Crippen molar-refractivity contribution in [3.63, 3.8) is 0 Å². The fourth-order valence-corrected chi connectivity index (χ4v) is 3.04. The van der Waals surface area contributed by atoms with E-state index in [-0.39, 0.29) is 0 Å². The molecule has 5 heteroatoms. The molecule has 3 N–H and O–H groups in total. The predicted octanol–water partition coefficient (Wildman–Crippen LogP) is 2.81. The molecule has 0 bridgehead atoms. The van der Waals surface area contributed by atoms with Crippen molar-refractivity contribution in [3.05, 3.63) is 4.88 Å². The lowest BCUT2D eigenvalue weighted by Crippen LogP contribution is -2.04. The van der Waals surface area contributed by atoms with E-state index in [1.54, 1.807) is 7.11 Å². The fraction of sp³-hybridized carbons (Fsp3) is 0.583. The maximum atomic E-state index is 8.93. The van der Waals surface area contributed by atoms with Crippen molar-refractivity contribution in [3.8, 4) is 11.8 Å². The summed E-state index contributed by atoms with van der Waals surface area (Å²) in [6.45, 7) is 2.20. The second kappa shape index (κ2) is 4.84. The number of nitrogens with zero attached hydrogens (tertiary/aromatic N) is 1. The lowest BCUT2D eigenvalue weighted by Gasteiger charge is -2.06. The molecule has 1 heterocycles. The van der Waals surface area contributed by atoms with Crippen LogP contribution in [0.1, 0.15) is 31.1 Å². The summed E-state index contributed by atoms with van der Waals surface area (Å²) in [6.07, 6.45) is 3.68. The Bertz CT molecular complexity index is 449. The average Bonchev–Trinajstić information content (AvgIpc) is 2.96. The smallest absolute Gasteiger partial charge is 0.177 e. The highest BCUT2D eigenvalue weighted by molar-refractivity contribution is 7.17. The van der Waals surface area contributed by atoms with Gasteiger partial charge in [0.15, 0.2) is 5.75 Å². The fourth-order valence-electron chi connectivity index (χ4n) is 2.09. The van der Waals surface area contributed by atoms with E-state index in [0.717, 1.165) is 10.9 Å². The maximum Gasteiger partial charge on any atom is 0.177 e. The first-order valence-electron chi connectivity index (χ1n) is 5.84. The van der Waals surface area contributed by atoms with Crippen LogP contribution >= 0.6 is 11.3 Å². The van der Waals surface area contributed by atoms with Crippen LogP contribution in [0.4, 0.5) is 10.7 Å². The molecule has 0 aromatic carbocycles. The molecule has 1 aromatic heterocycles. The molecular formula is C12H17N3OS. The largest absolute Gasteiger partial charge is 0.492 e. The van der Waals surface area contributed by atoms with E-state index in [0.29, 0.717) is 22.4 Å². The number of nitriles is 1. The van der Waals surface area contributed by atoms with E-state index in [1.807, 2.05) is 0 Å². The van der Waals surface area contributed by atoms with Gasteiger partial charge in [0.25, 0.3) is 0 Å². The third-order valence-corrected chi connectivity index (χ3v) is 4.13. The van der Waals surface area contributed by atoms with E-state index in [1.165, 1.54) is 30.6 Å². The Kier molecular flexibility index (Phi) is 3.43. The van der Waals surface area contributed by atoms with Gasteiger partial charge in [0.2, 0.25) is 0 Å². The van der Waals surface area contributed by atoms with Gasteiger partial charge in [-0.1, -0.05) is 13.3 Å². The number of nitrogens with one attached hydrogen (secondary N) is 1. The SMILES string of the molecule is CCCC1CC1Nc1sc(C#N)c(N)c1OC. The molecule has 0 aliphatic heterocycles. The van der Waals surface area contributed by atoms with Gasteiger partial charge in [0.05, 0.1) is 7.11 Å². The summed E-state index contributed by atoms with van der Waals surface area (Å²) in [5.41, 5.74) is 6.29. The summed E-state index contributed by atoms with van der Waals surface area (Å²) in [7, 11) is 1.58. The second-order valence-corrected chi connectivity index (χ2v) is 5.37. The summed E-state index contributed by atoms with van der Waals surface area (Å²) in [6, 6.07) is 2.62. The van der Waals surface area contributed by atoms with E-state index in [9.17, 15) is 0 Å². The Hall–Kier alpha value is -1.41. The first-order valence-corrected chi connectivity index (χ1v) is 6.65. The first-order chi connectivity index (χ1) is 8.21. The number of hydrogen-bond acceptors (Lipinski definition) is 5. The molecule has 1 aromatic rings. The monoisotopic (exact) mass is 251 g/mol. The van der Waals surface area contributed by atoms with Crippen molar-refractivity contribution >= 4 is 22.0 Å². The van der Waals surface area contributed by atoms with Gasteiger partial charge in [-0.15, -0.1) is 11.3 Å². The Labute approximate surface area is 105 Å². The van der Waals surface area contributed by atoms with Crippen molar-refractivity contribution in [2.45, 2.75) is 32.2 Å². The molecule has 17 heavy (non-hydrogen) atoms. The number of methoxy groups -OCH3 is 1. The van der Waals surface area contributed by atoms with Crippen LogP contribution in [0.5, 0.6) is 5.75 Å². The van der Waals surface area contributed by atoms with Crippen molar-refractivity contribution in [1.29, 1.82) is 5.26 Å². The molecule has 0 spiro atoms. The number of ether oxygens (including phenoxy) is 1. The van der Waals surface area contributed by atoms with Crippen LogP contribution < -0.4 is 15.8 Å². The quantitative estimate of drug-likeness (QED) is 0.844. The molecular weight excluding hydrogens is 234 g/mol. The lowest BCUT2D eigenvalue weighted by atomic mass is 10.2. The summed E-state index contributed by atoms with van der Waals surface area (Å²) in [5, 5.41) is 13.3. The van der Waals surface area contributed by atoms with Crippen LogP contribution in [0.15, 0.2) is 0 Å². The molecule has 2 atom stereocenters. The molecule has 1 fully saturated rings. The van der Waals surface area contributed by atoms with Gasteiger partial charge < -0.3 is 15.8 Å². The average molecular weight is 251 g/mol. The van der Waals surface area contributed by atoms with E-state index in [4.69, 9.17) is 15.7 Å². The normalized spacial score (nSPS) is 21.9. The van der Waals surface area contributed by atoms with E-state index < -0.39 is 0 Å². The van der Waals surface area contributed by atoms with Crippen LogP contribution in [-0.4, -0.2) is 13.2 Å². The third kappa shape index (κ3) is 2.32. The Morgan fingerprint density at radius 3 is 3.00 bits per heavy atom. The maximum absolute atomic E-state index is 8.93. The Balaban J connectivity index is 2.09. The number of nitrogens with two attached hydrogens (primary N) is 1. The number of rotatable bonds is 5. The molecule has 0 amide bonds. The van der Waals surface area contributed by atoms with Gasteiger partial charge in [-0.25, -0.2) is 0 Å². The highest BCUT2D eigenvalue weighted by atomic mass is 32.1. The highest BCUT2D eigenvalue weighted by Crippen LogP contribution is 2.46. The zero-order chi connectivity index (χ0) is 12.4. The van der Waals surface area contributed by atoms with Gasteiger partial charge in [-0.05, 0) is 18.8 Å². The molecule has 0 radical (unpaired) electrons. The molecule has 2 rings (SSSR count). The molecule has 1 saturated carbocycles. The van der Waals surface area contributed by atoms with Gasteiger partial charge in [-0.3, -0.25) is 0 Å². The van der Waals surface area contributed by atoms with Crippen LogP contribution in [0.25, 0.3) is 0 Å². The predicted molar refractivity (Wildman–Crippen MR) is 70.4 cm³/mol. The molecule has 1 aliphatic rings. The molecule has 1 aliphatic carbocycles. The van der Waals surface area contributed by atoms with Crippen molar-refractivity contribution in [2.75, 3.05) is 18.2 Å². The van der Waals surface area contributed by atoms with Crippen LogP contribution in [-0.2, 0) is 0 Å². The Morgan fingerprint density at radius 1 is 1.65 bits per heavy atom. The van der Waals surface area contributed by atoms with Crippen molar-refractivity contribution in [1.82, 2.24) is 0 Å². The minimum absolute atomic E-state index is 0.454. The second-order valence-electron chi connectivity index (χ2n) is 4.35. The topological polar surface area (TPSA) is 71.1 Å². The molecule has 4 nitrogen and oxygen atoms in total. The first kappa shape index (κ1) is 12.1. The summed E-state index contributed by atoms with van der Waals surface area (Å²) < 4.78 is 5.25. The summed E-state index contributed by atoms with van der Waals surface area (Å²) >= 11 is 1.38. The highest BCUT2D eigenvalue weighted by Gasteiger charge is 2.37. The summed E-state index contributed by atoms with van der Waals surface area (Å²) in [5.74, 6) is 1.38.